The number of carbonyl (C=O) groups is 2. The van der Waals surface area contributed by atoms with Crippen LogP contribution in [0.1, 0.15) is 67.2 Å². The number of Topliss-reactive ketones (excluding diaryl/α,β-unsaturated/α-hetero) is 1. The Morgan fingerprint density at radius 3 is 1.83 bits per heavy atom. The molecule has 2 saturated carbocycles. The summed E-state index contributed by atoms with van der Waals surface area (Å²) in [7, 11) is 0. The van der Waals surface area contributed by atoms with E-state index in [2.05, 4.69) is 114 Å². The van der Waals surface area contributed by atoms with Crippen LogP contribution in [-0.4, -0.2) is 11.7 Å². The van der Waals surface area contributed by atoms with E-state index in [-0.39, 0.29) is 19.3 Å². The third-order valence-corrected chi connectivity index (χ3v) is 6.87. The summed E-state index contributed by atoms with van der Waals surface area (Å²) in [6.45, 7) is 8.71. The Hall–Kier alpha value is 2.27. The normalized spacial score (nSPS) is 33.5. The summed E-state index contributed by atoms with van der Waals surface area (Å²) in [6, 6.07) is 0. The zero-order valence-corrected chi connectivity index (χ0v) is 28.1. The summed E-state index contributed by atoms with van der Waals surface area (Å²) in [4.78, 5) is 23.1. The van der Waals surface area contributed by atoms with Crippen molar-refractivity contribution >= 4 is 86.2 Å². The van der Waals surface area contributed by atoms with Gasteiger partial charge in [-0.05, 0) is 63.2 Å². The molecule has 0 radical (unpaired) electrons. The predicted octanol–water partition coefficient (Wildman–Crippen LogP) is 5.43. The second kappa shape index (κ2) is 16.8. The van der Waals surface area contributed by atoms with E-state index in [1.165, 1.54) is 36.8 Å². The maximum absolute atomic E-state index is 11.6. The first-order chi connectivity index (χ1) is 13.8. The van der Waals surface area contributed by atoms with Gasteiger partial charge >= 0.3 is 50.5 Å². The van der Waals surface area contributed by atoms with Gasteiger partial charge in [-0.3, -0.25) is 9.59 Å². The van der Waals surface area contributed by atoms with Gasteiger partial charge in [0.25, 0.3) is 0 Å². The first-order valence-electron chi connectivity index (χ1n) is 9.99. The molecule has 3 nitrogen and oxygen atoms in total. The number of ketones is 1. The van der Waals surface area contributed by atoms with Crippen molar-refractivity contribution in [2.75, 3.05) is 0 Å². The molecule has 30 heavy (non-hydrogen) atoms. The van der Waals surface area contributed by atoms with Crippen LogP contribution in [0.15, 0.2) is 23.4 Å². The summed E-state index contributed by atoms with van der Waals surface area (Å²) in [5, 5.41) is 2.83. The first kappa shape index (κ1) is 32.3. The molecule has 4 unspecified atom stereocenters. The van der Waals surface area contributed by atoms with Crippen LogP contribution in [0.3, 0.4) is 0 Å². The number of allylic oxidation sites excluding steroid dienone is 3. The Bertz CT molecular complexity index is 571. The first-order valence-corrected chi connectivity index (χ1v) is 28.8. The standard InChI is InChI=1S/C11H16O.C10H15NO.CH4.I3.I2/c1-7-4-6-10(12)11-8(2)3-5-9(7)11;1-6-3-4-8-7(2)5-11-10(12)9(6)8;;1-3-2;1-2/h4,8-9,11H,3,5-6H2,1-2H3;5-6,8-9H,3-4H2,1-2H3,(H,11,12);1H4;;/q;;;-1;/t8-,9?,11?;6-,8?,9?;;;/m00.../s1. The Balaban J connectivity index is 0.000000451. The summed E-state index contributed by atoms with van der Waals surface area (Å²) in [5.74, 6) is 3.68. The van der Waals surface area contributed by atoms with Crippen molar-refractivity contribution < 1.29 is 22.8 Å². The molecular formula is C22H35I5NO2-. The molecule has 2 fully saturated rings. The number of hydrogen-bond acceptors (Lipinski definition) is 2. The van der Waals surface area contributed by atoms with Gasteiger partial charge in [-0.25, -0.2) is 0 Å². The number of carbonyl (C=O) groups excluding carboxylic acids is 2. The Kier molecular flexibility index (Phi) is 18.1. The van der Waals surface area contributed by atoms with E-state index in [1.54, 1.807) is 0 Å². The molecule has 1 amide bonds. The molecule has 176 valence electrons. The molecule has 3 aliphatic carbocycles. The second-order valence-electron chi connectivity index (χ2n) is 8.44. The van der Waals surface area contributed by atoms with E-state index in [4.69, 9.17) is 0 Å². The SMILES string of the molecule is C.CC1=CCC(=O)C2C1CC[C@@H]2C.CC1=CNC(=O)C2C1CC[C@@H]2C.II.I[I-]I. The molecule has 0 aromatic carbocycles. The van der Waals surface area contributed by atoms with Crippen molar-refractivity contribution in [2.45, 2.75) is 67.2 Å². The van der Waals surface area contributed by atoms with Gasteiger partial charge in [-0.1, -0.05) is 38.5 Å². The third-order valence-electron chi connectivity index (χ3n) is 6.87. The van der Waals surface area contributed by atoms with Gasteiger partial charge in [0.2, 0.25) is 5.91 Å². The van der Waals surface area contributed by atoms with E-state index in [0.717, 1.165) is 0 Å². The monoisotopic (exact) mass is 980 g/mol. The molecule has 0 saturated heterocycles. The number of amides is 1. The topological polar surface area (TPSA) is 46.2 Å². The number of halogens is 5. The van der Waals surface area contributed by atoms with Crippen LogP contribution in [0.4, 0.5) is 0 Å². The van der Waals surface area contributed by atoms with Crippen LogP contribution in [-0.2, 0) is 9.59 Å². The number of nitrogens with one attached hydrogen (secondary N) is 1. The fourth-order valence-corrected chi connectivity index (χ4v) is 5.34. The Morgan fingerprint density at radius 1 is 0.900 bits per heavy atom. The second-order valence-corrected chi connectivity index (χ2v) is 24.7. The number of rotatable bonds is 0. The average Bonchev–Trinajstić information content (AvgIpc) is 3.29. The van der Waals surface area contributed by atoms with E-state index in [0.29, 0.717) is 55.0 Å². The van der Waals surface area contributed by atoms with Crippen molar-refractivity contribution in [3.63, 3.8) is 0 Å². The van der Waals surface area contributed by atoms with Crippen LogP contribution < -0.4 is 18.6 Å². The predicted molar refractivity (Wildman–Crippen MR) is 159 cm³/mol. The minimum absolute atomic E-state index is 0. The van der Waals surface area contributed by atoms with Gasteiger partial charge in [-0.15, -0.1) is 0 Å². The van der Waals surface area contributed by atoms with Crippen molar-refractivity contribution in [2.24, 2.45) is 35.5 Å². The van der Waals surface area contributed by atoms with Gasteiger partial charge < -0.3 is 5.32 Å². The quantitative estimate of drug-likeness (QED) is 0.260. The summed E-state index contributed by atoms with van der Waals surface area (Å²) >= 11 is 9.54. The van der Waals surface area contributed by atoms with Gasteiger partial charge in [0.15, 0.2) is 0 Å². The molecule has 6 atom stereocenters. The Labute approximate surface area is 236 Å². The van der Waals surface area contributed by atoms with Crippen LogP contribution in [0.5, 0.6) is 0 Å². The zero-order valence-electron chi connectivity index (χ0n) is 17.4. The fraction of sp³-hybridized carbons (Fsp3) is 0.727. The van der Waals surface area contributed by atoms with Crippen molar-refractivity contribution in [1.29, 1.82) is 0 Å². The molecule has 4 rings (SSSR count). The van der Waals surface area contributed by atoms with Crippen LogP contribution in [0.25, 0.3) is 0 Å². The van der Waals surface area contributed by atoms with E-state index in [9.17, 15) is 9.59 Å². The summed E-state index contributed by atoms with van der Waals surface area (Å²) in [5.41, 5.74) is 2.81. The molecular weight excluding hydrogens is 945 g/mol. The van der Waals surface area contributed by atoms with E-state index < -0.39 is 0 Å². The number of hydrogen-bond donors (Lipinski definition) is 1. The van der Waals surface area contributed by atoms with Gasteiger partial charge in [0.1, 0.15) is 5.78 Å². The molecule has 0 spiro atoms. The zero-order chi connectivity index (χ0) is 22.1. The molecule has 0 aromatic rings. The van der Waals surface area contributed by atoms with Gasteiger partial charge in [0, 0.05) is 61.7 Å². The third kappa shape index (κ3) is 8.81. The molecule has 0 aromatic heterocycles. The Morgan fingerprint density at radius 2 is 1.37 bits per heavy atom. The molecule has 1 N–H and O–H groups in total. The molecule has 4 aliphatic rings. The molecule has 0 bridgehead atoms. The number of fused-ring (bicyclic) bond motifs is 2. The van der Waals surface area contributed by atoms with Crippen molar-refractivity contribution in [3.8, 4) is 0 Å². The van der Waals surface area contributed by atoms with E-state index >= 15 is 0 Å². The summed E-state index contributed by atoms with van der Waals surface area (Å²) in [6.07, 6.45) is 9.57. The average molecular weight is 980 g/mol. The summed E-state index contributed by atoms with van der Waals surface area (Å²) < 4.78 is 0. The van der Waals surface area contributed by atoms with E-state index in [1.807, 2.05) is 6.20 Å². The molecule has 8 heteroatoms. The van der Waals surface area contributed by atoms with Crippen LogP contribution >= 0.6 is 74.5 Å². The van der Waals surface area contributed by atoms with Crippen LogP contribution in [0, 0.1) is 35.5 Å². The fourth-order valence-electron chi connectivity index (χ4n) is 5.34. The van der Waals surface area contributed by atoms with Crippen molar-refractivity contribution in [3.05, 3.63) is 23.4 Å². The minimum atomic E-state index is 0. The van der Waals surface area contributed by atoms with Gasteiger partial charge in [-0.2, -0.15) is 0 Å². The van der Waals surface area contributed by atoms with Crippen LogP contribution in [0.2, 0.25) is 0 Å². The molecule has 1 heterocycles. The molecule has 1 aliphatic heterocycles. The maximum atomic E-state index is 11.6. The van der Waals surface area contributed by atoms with Crippen molar-refractivity contribution in [1.82, 2.24) is 5.32 Å². The van der Waals surface area contributed by atoms with Gasteiger partial charge in [0.05, 0.1) is 0 Å².